The van der Waals surface area contributed by atoms with Crippen LogP contribution in [0.15, 0.2) is 53.4 Å². The smallest absolute Gasteiger partial charge is 0.243 e. The molecule has 0 bridgehead atoms. The zero-order chi connectivity index (χ0) is 27.8. The number of Topliss-reactive ketones (excluding diaryl/α,β-unsaturated/α-hetero) is 1. The first-order valence-electron chi connectivity index (χ1n) is 12.9. The summed E-state index contributed by atoms with van der Waals surface area (Å²) in [5, 5.41) is 3.51. The molecule has 2 aliphatic rings. The third kappa shape index (κ3) is 5.45. The Kier molecular flexibility index (Phi) is 7.78. The van der Waals surface area contributed by atoms with Gasteiger partial charge in [0.05, 0.1) is 21.0 Å². The van der Waals surface area contributed by atoms with Crippen LogP contribution in [0.4, 0.5) is 10.8 Å². The zero-order valence-corrected chi connectivity index (χ0v) is 24.2. The maximum Gasteiger partial charge on any atom is 0.243 e. The molecule has 1 atom stereocenters. The standard InChI is InChI=1S/C27H30ClN5O4S2/c1-18-17-32(14-15-33(18)39(36,37)22-8-9-24(23(28)16-22)29-19(2)34)26-30-25(31-38-26)27(12-10-21(35)11-13-27)20-6-4-3-5-7-20/h3-9,16,18H,10-15,17H2,1-2H3,(H,29,34). The topological polar surface area (TPSA) is 113 Å². The molecule has 2 heterocycles. The summed E-state index contributed by atoms with van der Waals surface area (Å²) in [6.45, 7) is 4.44. The Balaban J connectivity index is 1.34. The van der Waals surface area contributed by atoms with E-state index in [1.165, 1.54) is 41.0 Å². The molecule has 39 heavy (non-hydrogen) atoms. The number of hydrogen-bond donors (Lipinski definition) is 1. The first kappa shape index (κ1) is 27.7. The summed E-state index contributed by atoms with van der Waals surface area (Å²) in [7, 11) is -3.80. The van der Waals surface area contributed by atoms with Gasteiger partial charge >= 0.3 is 0 Å². The van der Waals surface area contributed by atoms with E-state index in [0.29, 0.717) is 44.5 Å². The van der Waals surface area contributed by atoms with Gasteiger partial charge in [0.15, 0.2) is 5.82 Å². The average molecular weight is 588 g/mol. The fourth-order valence-electron chi connectivity index (χ4n) is 5.45. The molecule has 1 saturated heterocycles. The van der Waals surface area contributed by atoms with E-state index in [2.05, 4.69) is 22.3 Å². The fourth-order valence-corrected chi connectivity index (χ4v) is 8.17. The summed E-state index contributed by atoms with van der Waals surface area (Å²) >= 11 is 7.57. The second-order valence-corrected chi connectivity index (χ2v) is 13.1. The Morgan fingerprint density at radius 1 is 1.13 bits per heavy atom. The second kappa shape index (κ2) is 11.0. The molecule has 2 aromatic carbocycles. The van der Waals surface area contributed by atoms with Gasteiger partial charge in [-0.25, -0.2) is 13.4 Å². The number of piperazine rings is 1. The van der Waals surface area contributed by atoms with Crippen LogP contribution >= 0.6 is 23.1 Å². The third-order valence-corrected chi connectivity index (χ3v) is 10.6. The molecule has 5 rings (SSSR count). The molecule has 1 amide bonds. The van der Waals surface area contributed by atoms with Crippen LogP contribution in [0.25, 0.3) is 0 Å². The van der Waals surface area contributed by atoms with Crippen molar-refractivity contribution in [3.8, 4) is 0 Å². The van der Waals surface area contributed by atoms with E-state index in [-0.39, 0.29) is 34.2 Å². The van der Waals surface area contributed by atoms with E-state index in [1.54, 1.807) is 0 Å². The summed E-state index contributed by atoms with van der Waals surface area (Å²) in [4.78, 5) is 30.5. The molecule has 1 unspecified atom stereocenters. The normalized spacial score (nSPS) is 20.1. The SMILES string of the molecule is CC(=O)Nc1ccc(S(=O)(=O)N2CCN(c3nc(C4(c5ccccc5)CCC(=O)CC4)ns3)CC2C)cc1Cl. The van der Waals surface area contributed by atoms with Gasteiger partial charge in [-0.05, 0) is 43.5 Å². The molecular formula is C27H30ClN5O4S2. The summed E-state index contributed by atoms with van der Waals surface area (Å²) < 4.78 is 33.2. The van der Waals surface area contributed by atoms with E-state index >= 15 is 0 Å². The predicted octanol–water partition coefficient (Wildman–Crippen LogP) is 4.48. The molecule has 1 aliphatic heterocycles. The lowest BCUT2D eigenvalue weighted by Crippen LogP contribution is -2.54. The number of nitrogens with zero attached hydrogens (tertiary/aromatic N) is 4. The molecule has 2 fully saturated rings. The van der Waals surface area contributed by atoms with Gasteiger partial charge in [-0.1, -0.05) is 41.9 Å². The van der Waals surface area contributed by atoms with Crippen LogP contribution in [0, 0.1) is 0 Å². The van der Waals surface area contributed by atoms with Crippen molar-refractivity contribution in [2.45, 2.75) is 55.9 Å². The first-order valence-corrected chi connectivity index (χ1v) is 15.4. The molecule has 206 valence electrons. The molecule has 1 saturated carbocycles. The van der Waals surface area contributed by atoms with Gasteiger partial charge in [-0.15, -0.1) is 0 Å². The van der Waals surface area contributed by atoms with Crippen molar-refractivity contribution < 1.29 is 18.0 Å². The van der Waals surface area contributed by atoms with Crippen molar-refractivity contribution in [2.24, 2.45) is 0 Å². The van der Waals surface area contributed by atoms with Gasteiger partial charge in [-0.3, -0.25) is 9.59 Å². The number of rotatable bonds is 6. The molecule has 0 radical (unpaired) electrons. The number of hydrogen-bond acceptors (Lipinski definition) is 8. The first-order chi connectivity index (χ1) is 18.6. The minimum Gasteiger partial charge on any atom is -0.344 e. The number of amides is 1. The van der Waals surface area contributed by atoms with Crippen LogP contribution in [0.1, 0.15) is 50.9 Å². The van der Waals surface area contributed by atoms with E-state index in [1.807, 2.05) is 25.1 Å². The van der Waals surface area contributed by atoms with Gasteiger partial charge in [0.25, 0.3) is 0 Å². The molecule has 9 nitrogen and oxygen atoms in total. The Morgan fingerprint density at radius 3 is 2.49 bits per heavy atom. The highest BCUT2D eigenvalue weighted by molar-refractivity contribution is 7.89. The van der Waals surface area contributed by atoms with E-state index in [0.717, 1.165) is 16.5 Å². The van der Waals surface area contributed by atoms with Crippen molar-refractivity contribution in [3.05, 3.63) is 64.9 Å². The van der Waals surface area contributed by atoms with Gasteiger partial charge in [0.2, 0.25) is 21.1 Å². The number of ketones is 1. The quantitative estimate of drug-likeness (QED) is 0.452. The van der Waals surface area contributed by atoms with Crippen LogP contribution < -0.4 is 10.2 Å². The van der Waals surface area contributed by atoms with Crippen molar-refractivity contribution >= 4 is 55.7 Å². The Labute approximate surface area is 237 Å². The van der Waals surface area contributed by atoms with Crippen LogP contribution in [0.3, 0.4) is 0 Å². The molecule has 3 aromatic rings. The number of sulfonamides is 1. The van der Waals surface area contributed by atoms with Crippen LogP contribution in [0.5, 0.6) is 0 Å². The minimum atomic E-state index is -3.80. The molecule has 1 aliphatic carbocycles. The molecule has 1 aromatic heterocycles. The van der Waals surface area contributed by atoms with Crippen molar-refractivity contribution in [2.75, 3.05) is 29.9 Å². The van der Waals surface area contributed by atoms with Crippen molar-refractivity contribution in [1.29, 1.82) is 0 Å². The van der Waals surface area contributed by atoms with E-state index < -0.39 is 15.4 Å². The lowest BCUT2D eigenvalue weighted by molar-refractivity contribution is -0.121. The Hall–Kier alpha value is -2.86. The number of halogens is 1. The maximum absolute atomic E-state index is 13.5. The molecule has 12 heteroatoms. The molecular weight excluding hydrogens is 558 g/mol. The highest BCUT2D eigenvalue weighted by Gasteiger charge is 2.42. The number of aromatic nitrogens is 2. The summed E-state index contributed by atoms with van der Waals surface area (Å²) in [5.41, 5.74) is 1.08. The minimum absolute atomic E-state index is 0.0803. The monoisotopic (exact) mass is 587 g/mol. The lowest BCUT2D eigenvalue weighted by Gasteiger charge is -2.39. The lowest BCUT2D eigenvalue weighted by atomic mass is 9.68. The maximum atomic E-state index is 13.5. The van der Waals surface area contributed by atoms with E-state index in [4.69, 9.17) is 21.0 Å². The number of nitrogens with one attached hydrogen (secondary N) is 1. The van der Waals surface area contributed by atoms with Crippen molar-refractivity contribution in [3.63, 3.8) is 0 Å². The molecule has 0 spiro atoms. The third-order valence-electron chi connectivity index (χ3n) is 7.53. The number of carbonyl (C=O) groups excluding carboxylic acids is 2. The Morgan fingerprint density at radius 2 is 1.85 bits per heavy atom. The molecule has 1 N–H and O–H groups in total. The van der Waals surface area contributed by atoms with E-state index in [9.17, 15) is 18.0 Å². The van der Waals surface area contributed by atoms with Gasteiger partial charge in [0.1, 0.15) is 5.78 Å². The number of carbonyl (C=O) groups is 2. The van der Waals surface area contributed by atoms with Crippen LogP contribution in [-0.2, 0) is 25.0 Å². The van der Waals surface area contributed by atoms with Crippen LogP contribution in [-0.4, -0.2) is 59.4 Å². The van der Waals surface area contributed by atoms with Crippen LogP contribution in [0.2, 0.25) is 5.02 Å². The summed E-state index contributed by atoms with van der Waals surface area (Å²) in [6, 6.07) is 14.2. The van der Waals surface area contributed by atoms with Gasteiger partial charge < -0.3 is 10.2 Å². The van der Waals surface area contributed by atoms with Gasteiger partial charge in [0, 0.05) is 57.0 Å². The summed E-state index contributed by atoms with van der Waals surface area (Å²) in [5.74, 6) is 0.718. The van der Waals surface area contributed by atoms with Gasteiger partial charge in [-0.2, -0.15) is 8.68 Å². The second-order valence-electron chi connectivity index (χ2n) is 10.1. The highest BCUT2D eigenvalue weighted by Crippen LogP contribution is 2.44. The fraction of sp³-hybridized carbons (Fsp3) is 0.407. The zero-order valence-electron chi connectivity index (χ0n) is 21.8. The van der Waals surface area contributed by atoms with Crippen molar-refractivity contribution in [1.82, 2.24) is 13.7 Å². The Bertz CT molecular complexity index is 1480. The average Bonchev–Trinajstić information content (AvgIpc) is 3.41. The predicted molar refractivity (Wildman–Crippen MR) is 152 cm³/mol. The largest absolute Gasteiger partial charge is 0.344 e. The summed E-state index contributed by atoms with van der Waals surface area (Å²) in [6.07, 6.45) is 2.37. The highest BCUT2D eigenvalue weighted by atomic mass is 35.5. The number of benzene rings is 2. The number of anilines is 2.